The Morgan fingerprint density at radius 1 is 1.64 bits per heavy atom. The number of nitrogens with one attached hydrogen (secondary N) is 2. The molecule has 0 saturated carbocycles. The second-order valence-electron chi connectivity index (χ2n) is 2.18. The third kappa shape index (κ3) is 2.55. The van der Waals surface area contributed by atoms with Crippen LogP contribution in [-0.2, 0) is 9.53 Å². The predicted octanol–water partition coefficient (Wildman–Crippen LogP) is -0.944. The predicted molar refractivity (Wildman–Crippen MR) is 40.1 cm³/mol. The zero-order chi connectivity index (χ0) is 8.10. The summed E-state index contributed by atoms with van der Waals surface area (Å²) >= 11 is 0. The van der Waals surface area contributed by atoms with E-state index in [1.165, 1.54) is 0 Å². The molecule has 0 saturated heterocycles. The highest BCUT2D eigenvalue weighted by Crippen LogP contribution is 1.87. The van der Waals surface area contributed by atoms with Gasteiger partial charge in [-0.05, 0) is 0 Å². The molecule has 5 nitrogen and oxygen atoms in total. The van der Waals surface area contributed by atoms with E-state index in [0.717, 1.165) is 5.84 Å². The number of amides is 1. The summed E-state index contributed by atoms with van der Waals surface area (Å²) in [7, 11) is 1.63. The molecule has 0 bridgehead atoms. The highest BCUT2D eigenvalue weighted by atomic mass is 16.5. The molecule has 5 heteroatoms. The number of amidine groups is 1. The lowest BCUT2D eigenvalue weighted by molar-refractivity contribution is -0.120. The molecular formula is C6H11N3O2. The average Bonchev–Trinajstić information content (AvgIpc) is 2.04. The van der Waals surface area contributed by atoms with Crippen molar-refractivity contribution in [1.29, 1.82) is 0 Å². The second kappa shape index (κ2) is 3.92. The van der Waals surface area contributed by atoms with Crippen LogP contribution in [0.25, 0.3) is 0 Å². The number of nitrogens with zero attached hydrogens (tertiary/aromatic N) is 1. The Labute approximate surface area is 64.8 Å². The number of methoxy groups -OCH3 is 1. The topological polar surface area (TPSA) is 62.7 Å². The number of aliphatic imine (C=N–C) groups is 1. The van der Waals surface area contributed by atoms with Crippen molar-refractivity contribution in [2.24, 2.45) is 4.99 Å². The normalized spacial score (nSPS) is 16.8. The van der Waals surface area contributed by atoms with Crippen LogP contribution in [0.1, 0.15) is 6.42 Å². The van der Waals surface area contributed by atoms with Crippen LogP contribution in [0.5, 0.6) is 0 Å². The summed E-state index contributed by atoms with van der Waals surface area (Å²) in [6.07, 6.45) is 0.705. The van der Waals surface area contributed by atoms with Gasteiger partial charge in [0, 0.05) is 13.5 Å². The van der Waals surface area contributed by atoms with Crippen LogP contribution in [0, 0.1) is 0 Å². The van der Waals surface area contributed by atoms with Crippen LogP contribution < -0.4 is 10.9 Å². The molecule has 0 atom stereocenters. The van der Waals surface area contributed by atoms with Gasteiger partial charge < -0.3 is 4.74 Å². The Morgan fingerprint density at radius 2 is 2.45 bits per heavy atom. The zero-order valence-corrected chi connectivity index (χ0v) is 6.39. The maximum atomic E-state index is 10.6. The maximum absolute atomic E-state index is 10.6. The molecule has 0 fully saturated rings. The van der Waals surface area contributed by atoms with Crippen molar-refractivity contribution in [2.75, 3.05) is 20.3 Å². The molecule has 0 aromatic rings. The third-order valence-corrected chi connectivity index (χ3v) is 1.30. The van der Waals surface area contributed by atoms with Gasteiger partial charge in [-0.15, -0.1) is 0 Å². The van der Waals surface area contributed by atoms with E-state index < -0.39 is 0 Å². The van der Waals surface area contributed by atoms with E-state index in [0.29, 0.717) is 13.0 Å². The minimum absolute atomic E-state index is 0.105. The summed E-state index contributed by atoms with van der Waals surface area (Å²) < 4.78 is 4.84. The van der Waals surface area contributed by atoms with Crippen molar-refractivity contribution in [1.82, 2.24) is 10.9 Å². The van der Waals surface area contributed by atoms with E-state index >= 15 is 0 Å². The molecule has 0 unspecified atom stereocenters. The molecule has 62 valence electrons. The monoisotopic (exact) mass is 157 g/mol. The molecule has 1 aliphatic rings. The fraction of sp³-hybridized carbons (Fsp3) is 0.667. The molecule has 0 spiro atoms. The summed E-state index contributed by atoms with van der Waals surface area (Å²) in [5.74, 6) is 0.664. The van der Waals surface area contributed by atoms with Crippen LogP contribution in [0.15, 0.2) is 4.99 Å². The number of ether oxygens (including phenoxy) is 1. The average molecular weight is 157 g/mol. The van der Waals surface area contributed by atoms with Crippen LogP contribution in [0.3, 0.4) is 0 Å². The number of carbonyl (C=O) groups is 1. The maximum Gasteiger partial charge on any atom is 0.260 e. The van der Waals surface area contributed by atoms with Gasteiger partial charge in [0.25, 0.3) is 5.91 Å². The molecule has 1 rings (SSSR count). The highest BCUT2D eigenvalue weighted by Gasteiger charge is 2.08. The molecular weight excluding hydrogens is 146 g/mol. The first kappa shape index (κ1) is 8.00. The lowest BCUT2D eigenvalue weighted by Gasteiger charge is -2.14. The zero-order valence-electron chi connectivity index (χ0n) is 6.39. The summed E-state index contributed by atoms with van der Waals surface area (Å²) in [5.41, 5.74) is 5.14. The van der Waals surface area contributed by atoms with E-state index in [4.69, 9.17) is 4.74 Å². The van der Waals surface area contributed by atoms with Gasteiger partial charge in [0.2, 0.25) is 0 Å². The molecule has 0 aromatic heterocycles. The number of hydrogen-bond acceptors (Lipinski definition) is 4. The van der Waals surface area contributed by atoms with Gasteiger partial charge in [-0.1, -0.05) is 0 Å². The van der Waals surface area contributed by atoms with Gasteiger partial charge in [0.15, 0.2) is 0 Å². The van der Waals surface area contributed by atoms with Gasteiger partial charge in [-0.25, -0.2) is 0 Å². The molecule has 1 amide bonds. The molecule has 1 heterocycles. The van der Waals surface area contributed by atoms with Crippen molar-refractivity contribution in [3.8, 4) is 0 Å². The Morgan fingerprint density at radius 3 is 3.00 bits per heavy atom. The molecule has 11 heavy (non-hydrogen) atoms. The lowest BCUT2D eigenvalue weighted by atomic mass is 10.4. The minimum atomic E-state index is -0.105. The molecule has 1 aliphatic heterocycles. The van der Waals surface area contributed by atoms with Gasteiger partial charge in [-0.2, -0.15) is 0 Å². The molecule has 2 N–H and O–H groups in total. The van der Waals surface area contributed by atoms with Crippen LogP contribution in [0.2, 0.25) is 0 Å². The van der Waals surface area contributed by atoms with Gasteiger partial charge in [0.1, 0.15) is 12.4 Å². The van der Waals surface area contributed by atoms with Crippen LogP contribution in [-0.4, -0.2) is 32.0 Å². The Kier molecular flexibility index (Phi) is 2.85. The van der Waals surface area contributed by atoms with Gasteiger partial charge in [-0.3, -0.25) is 20.6 Å². The fourth-order valence-electron chi connectivity index (χ4n) is 0.728. The van der Waals surface area contributed by atoms with Crippen LogP contribution >= 0.6 is 0 Å². The summed E-state index contributed by atoms with van der Waals surface area (Å²) in [4.78, 5) is 14.5. The number of hydrogen-bond donors (Lipinski definition) is 2. The Bertz CT molecular complexity index is 179. The van der Waals surface area contributed by atoms with Crippen molar-refractivity contribution < 1.29 is 9.53 Å². The Balaban J connectivity index is 2.29. The smallest absolute Gasteiger partial charge is 0.260 e. The highest BCUT2D eigenvalue weighted by molar-refractivity contribution is 5.91. The number of hydrazine groups is 1. The van der Waals surface area contributed by atoms with E-state index in [9.17, 15) is 4.79 Å². The standard InChI is InChI=1S/C6H11N3O2/c1-11-3-2-5-7-4-6(10)9-8-5/h2-4H2,1H3,(H,7,8)(H,9,10). The van der Waals surface area contributed by atoms with E-state index in [1.54, 1.807) is 7.11 Å². The lowest BCUT2D eigenvalue weighted by Crippen LogP contribution is -2.47. The van der Waals surface area contributed by atoms with Crippen molar-refractivity contribution in [3.05, 3.63) is 0 Å². The quantitative estimate of drug-likeness (QED) is 0.555. The third-order valence-electron chi connectivity index (χ3n) is 1.30. The first-order valence-corrected chi connectivity index (χ1v) is 3.40. The largest absolute Gasteiger partial charge is 0.384 e. The van der Waals surface area contributed by atoms with E-state index in [2.05, 4.69) is 15.8 Å². The fourth-order valence-corrected chi connectivity index (χ4v) is 0.728. The number of carbonyl (C=O) groups excluding carboxylic acids is 1. The van der Waals surface area contributed by atoms with E-state index in [-0.39, 0.29) is 12.5 Å². The number of rotatable bonds is 3. The summed E-state index contributed by atoms with van der Waals surface area (Å²) in [6.45, 7) is 0.827. The summed E-state index contributed by atoms with van der Waals surface area (Å²) in [6, 6.07) is 0. The van der Waals surface area contributed by atoms with Gasteiger partial charge >= 0.3 is 0 Å². The Hall–Kier alpha value is -1.10. The first-order chi connectivity index (χ1) is 5.33. The van der Waals surface area contributed by atoms with Crippen molar-refractivity contribution >= 4 is 11.7 Å². The molecule has 0 aliphatic carbocycles. The SMILES string of the molecule is COCCC1=NCC(=O)NN1. The van der Waals surface area contributed by atoms with Crippen molar-refractivity contribution in [3.63, 3.8) is 0 Å². The van der Waals surface area contributed by atoms with Crippen molar-refractivity contribution in [2.45, 2.75) is 6.42 Å². The molecule has 0 radical (unpaired) electrons. The molecule has 0 aromatic carbocycles. The van der Waals surface area contributed by atoms with Gasteiger partial charge in [0.05, 0.1) is 6.61 Å². The van der Waals surface area contributed by atoms with Crippen LogP contribution in [0.4, 0.5) is 0 Å². The van der Waals surface area contributed by atoms with E-state index in [1.807, 2.05) is 0 Å². The summed E-state index contributed by atoms with van der Waals surface area (Å²) in [5, 5.41) is 0. The second-order valence-corrected chi connectivity index (χ2v) is 2.18. The minimum Gasteiger partial charge on any atom is -0.384 e. The first-order valence-electron chi connectivity index (χ1n) is 3.40.